The van der Waals surface area contributed by atoms with Gasteiger partial charge in [0.2, 0.25) is 0 Å². The molecule has 3 aromatic rings. The topological polar surface area (TPSA) is 38.1 Å². The summed E-state index contributed by atoms with van der Waals surface area (Å²) in [6.45, 7) is 2.59. The summed E-state index contributed by atoms with van der Waals surface area (Å²) in [7, 11) is 0. The first-order chi connectivity index (χ1) is 11.7. The zero-order chi connectivity index (χ0) is 16.9. The van der Waals surface area contributed by atoms with Gasteiger partial charge in [-0.2, -0.15) is 0 Å². The third kappa shape index (κ3) is 3.86. The Labute approximate surface area is 145 Å². The fraction of sp³-hybridized carbons (Fsp3) is 0.211. The maximum atomic E-state index is 13.1. The second-order valence-electron chi connectivity index (χ2n) is 5.62. The van der Waals surface area contributed by atoms with Crippen molar-refractivity contribution in [3.8, 4) is 0 Å². The van der Waals surface area contributed by atoms with Crippen molar-refractivity contribution in [3.63, 3.8) is 0 Å². The average Bonchev–Trinajstić information content (AvgIpc) is 2.98. The van der Waals surface area contributed by atoms with Crippen LogP contribution in [0.5, 0.6) is 0 Å². The molecule has 0 aliphatic heterocycles. The monoisotopic (exact) mass is 342 g/mol. The van der Waals surface area contributed by atoms with Gasteiger partial charge in [-0.3, -0.25) is 0 Å². The molecule has 0 amide bonds. The molecular weight excluding hydrogens is 323 g/mol. The maximum absolute atomic E-state index is 13.1. The van der Waals surface area contributed by atoms with Gasteiger partial charge in [0.1, 0.15) is 5.82 Å². The minimum atomic E-state index is -0.249. The van der Waals surface area contributed by atoms with Crippen molar-refractivity contribution in [2.24, 2.45) is 0 Å². The van der Waals surface area contributed by atoms with Crippen LogP contribution in [0.2, 0.25) is 0 Å². The molecule has 1 aromatic heterocycles. The number of aromatic nitrogens is 2. The predicted octanol–water partition coefficient (Wildman–Crippen LogP) is 4.16. The molecule has 0 radical (unpaired) electrons. The van der Waals surface area contributed by atoms with Gasteiger partial charge in [0.15, 0.2) is 5.16 Å². The van der Waals surface area contributed by atoms with Crippen LogP contribution in [0.4, 0.5) is 4.39 Å². The summed E-state index contributed by atoms with van der Waals surface area (Å²) in [6, 6.07) is 14.7. The number of nitrogens with zero attached hydrogens (tertiary/aromatic N) is 2. The van der Waals surface area contributed by atoms with Crippen LogP contribution in [-0.2, 0) is 18.9 Å². The molecule has 0 atom stereocenters. The number of aliphatic hydroxyl groups is 1. The largest absolute Gasteiger partial charge is 0.390 e. The van der Waals surface area contributed by atoms with Crippen molar-refractivity contribution >= 4 is 11.8 Å². The number of hydrogen-bond acceptors (Lipinski definition) is 3. The second-order valence-corrected chi connectivity index (χ2v) is 6.56. The Morgan fingerprint density at radius 3 is 2.58 bits per heavy atom. The third-order valence-electron chi connectivity index (χ3n) is 3.94. The molecule has 2 aromatic carbocycles. The lowest BCUT2D eigenvalue weighted by molar-refractivity contribution is 0.270. The molecule has 24 heavy (non-hydrogen) atoms. The van der Waals surface area contributed by atoms with Gasteiger partial charge in [0.25, 0.3) is 0 Å². The average molecular weight is 342 g/mol. The number of halogens is 1. The van der Waals surface area contributed by atoms with Crippen molar-refractivity contribution in [1.82, 2.24) is 9.55 Å². The molecule has 0 saturated carbocycles. The van der Waals surface area contributed by atoms with Crippen molar-refractivity contribution in [2.45, 2.75) is 31.0 Å². The van der Waals surface area contributed by atoms with Crippen LogP contribution in [-0.4, -0.2) is 14.7 Å². The van der Waals surface area contributed by atoms with Crippen LogP contribution in [0.1, 0.15) is 22.4 Å². The van der Waals surface area contributed by atoms with E-state index >= 15 is 0 Å². The van der Waals surface area contributed by atoms with Crippen molar-refractivity contribution in [2.75, 3.05) is 0 Å². The summed E-state index contributed by atoms with van der Waals surface area (Å²) in [6.07, 6.45) is 1.70. The van der Waals surface area contributed by atoms with Crippen LogP contribution in [0.3, 0.4) is 0 Å². The molecule has 0 aliphatic rings. The van der Waals surface area contributed by atoms with E-state index < -0.39 is 0 Å². The summed E-state index contributed by atoms with van der Waals surface area (Å²) in [5.41, 5.74) is 4.25. The minimum absolute atomic E-state index is 0.0703. The Morgan fingerprint density at radius 2 is 1.88 bits per heavy atom. The molecule has 0 unspecified atom stereocenters. The normalized spacial score (nSPS) is 11.0. The van der Waals surface area contributed by atoms with Crippen LogP contribution < -0.4 is 0 Å². The van der Waals surface area contributed by atoms with Gasteiger partial charge in [0, 0.05) is 12.3 Å². The number of hydrogen-bond donors (Lipinski definition) is 1. The molecule has 0 aliphatic carbocycles. The molecule has 0 spiro atoms. The highest BCUT2D eigenvalue weighted by molar-refractivity contribution is 7.98. The van der Waals surface area contributed by atoms with E-state index in [2.05, 4.69) is 24.0 Å². The van der Waals surface area contributed by atoms with Gasteiger partial charge in [0.05, 0.1) is 18.5 Å². The SMILES string of the molecule is Cc1ccccc1CSc1ncc(CO)n1Cc1ccc(F)cc1. The number of aryl methyl sites for hydroxylation is 1. The van der Waals surface area contributed by atoms with Gasteiger partial charge >= 0.3 is 0 Å². The quantitative estimate of drug-likeness (QED) is 0.684. The molecule has 0 fully saturated rings. The highest BCUT2D eigenvalue weighted by atomic mass is 32.2. The Morgan fingerprint density at radius 1 is 1.12 bits per heavy atom. The Kier molecular flexibility index (Phi) is 5.33. The predicted molar refractivity (Wildman–Crippen MR) is 94.4 cm³/mol. The summed E-state index contributed by atoms with van der Waals surface area (Å²) in [4.78, 5) is 4.44. The van der Waals surface area contributed by atoms with Crippen molar-refractivity contribution in [1.29, 1.82) is 0 Å². The van der Waals surface area contributed by atoms with E-state index in [0.717, 1.165) is 22.2 Å². The van der Waals surface area contributed by atoms with E-state index in [1.165, 1.54) is 23.3 Å². The number of benzene rings is 2. The third-order valence-corrected chi connectivity index (χ3v) is 4.97. The Hall–Kier alpha value is -2.11. The van der Waals surface area contributed by atoms with E-state index in [9.17, 15) is 9.50 Å². The lowest BCUT2D eigenvalue weighted by Gasteiger charge is -2.11. The van der Waals surface area contributed by atoms with Gasteiger partial charge in [-0.15, -0.1) is 0 Å². The van der Waals surface area contributed by atoms with Gasteiger partial charge in [-0.05, 0) is 35.7 Å². The highest BCUT2D eigenvalue weighted by Crippen LogP contribution is 2.25. The summed E-state index contributed by atoms with van der Waals surface area (Å²) in [5, 5.41) is 10.4. The van der Waals surface area contributed by atoms with E-state index in [1.807, 2.05) is 16.7 Å². The minimum Gasteiger partial charge on any atom is -0.390 e. The molecule has 5 heteroatoms. The summed E-state index contributed by atoms with van der Waals surface area (Å²) < 4.78 is 15.1. The first kappa shape index (κ1) is 16.7. The van der Waals surface area contributed by atoms with Crippen LogP contribution in [0.15, 0.2) is 59.9 Å². The molecule has 1 N–H and O–H groups in total. The molecule has 0 saturated heterocycles. The van der Waals surface area contributed by atoms with Gasteiger partial charge in [-0.25, -0.2) is 9.37 Å². The first-order valence-corrected chi connectivity index (χ1v) is 8.73. The number of thioether (sulfide) groups is 1. The summed E-state index contributed by atoms with van der Waals surface area (Å²) >= 11 is 1.64. The zero-order valence-corrected chi connectivity index (χ0v) is 14.3. The Bertz CT molecular complexity index is 814. The standard InChI is InChI=1S/C19H19FN2OS/c1-14-4-2-3-5-16(14)13-24-19-21-10-18(12-23)22(19)11-15-6-8-17(20)9-7-15/h2-10,23H,11-13H2,1H3. The fourth-order valence-corrected chi connectivity index (χ4v) is 3.56. The summed E-state index contributed by atoms with van der Waals surface area (Å²) in [5.74, 6) is 0.568. The smallest absolute Gasteiger partial charge is 0.168 e. The fourth-order valence-electron chi connectivity index (χ4n) is 2.49. The van der Waals surface area contributed by atoms with Crippen molar-refractivity contribution < 1.29 is 9.50 Å². The molecule has 3 nitrogen and oxygen atoms in total. The lowest BCUT2D eigenvalue weighted by atomic mass is 10.1. The molecular formula is C19H19FN2OS. The van der Waals surface area contributed by atoms with Crippen LogP contribution >= 0.6 is 11.8 Å². The van der Waals surface area contributed by atoms with E-state index in [0.29, 0.717) is 6.54 Å². The molecule has 124 valence electrons. The lowest BCUT2D eigenvalue weighted by Crippen LogP contribution is -2.06. The van der Waals surface area contributed by atoms with Crippen LogP contribution in [0, 0.1) is 12.7 Å². The zero-order valence-electron chi connectivity index (χ0n) is 13.4. The second kappa shape index (κ2) is 7.64. The highest BCUT2D eigenvalue weighted by Gasteiger charge is 2.11. The van der Waals surface area contributed by atoms with Gasteiger partial charge in [-0.1, -0.05) is 48.2 Å². The number of rotatable bonds is 6. The van der Waals surface area contributed by atoms with E-state index in [-0.39, 0.29) is 12.4 Å². The number of imidazole rings is 1. The molecule has 1 heterocycles. The maximum Gasteiger partial charge on any atom is 0.168 e. The Balaban J connectivity index is 1.79. The van der Waals surface area contributed by atoms with Crippen molar-refractivity contribution in [3.05, 3.63) is 82.9 Å². The first-order valence-electron chi connectivity index (χ1n) is 7.74. The number of aliphatic hydroxyl groups excluding tert-OH is 1. The molecule has 3 rings (SSSR count). The van der Waals surface area contributed by atoms with E-state index in [4.69, 9.17) is 0 Å². The van der Waals surface area contributed by atoms with E-state index in [1.54, 1.807) is 30.1 Å². The van der Waals surface area contributed by atoms with Crippen LogP contribution in [0.25, 0.3) is 0 Å². The van der Waals surface area contributed by atoms with Gasteiger partial charge < -0.3 is 9.67 Å². The molecule has 0 bridgehead atoms.